The van der Waals surface area contributed by atoms with Crippen molar-refractivity contribution in [2.45, 2.75) is 18.4 Å². The van der Waals surface area contributed by atoms with Crippen molar-refractivity contribution in [2.24, 2.45) is 0 Å². The zero-order valence-electron chi connectivity index (χ0n) is 24.8. The summed E-state index contributed by atoms with van der Waals surface area (Å²) in [6, 6.07) is 17.0. The number of hydrogen-bond donors (Lipinski definition) is 1. The lowest BCUT2D eigenvalue weighted by Crippen LogP contribution is -2.46. The predicted molar refractivity (Wildman–Crippen MR) is 174 cm³/mol. The summed E-state index contributed by atoms with van der Waals surface area (Å²) in [5.41, 5.74) is 3.64. The monoisotopic (exact) mass is 641 g/mol. The van der Waals surface area contributed by atoms with Crippen molar-refractivity contribution < 1.29 is 17.9 Å². The molecule has 4 heterocycles. The maximum Gasteiger partial charge on any atom is 0.257 e. The molecule has 2 aromatic carbocycles. The molecule has 1 aliphatic heterocycles. The first-order valence-electron chi connectivity index (χ1n) is 14.3. The van der Waals surface area contributed by atoms with Crippen molar-refractivity contribution in [2.75, 3.05) is 42.7 Å². The normalized spacial score (nSPS) is 13.9. The molecule has 1 fully saturated rings. The van der Waals surface area contributed by atoms with E-state index >= 15 is 0 Å². The number of piperazine rings is 1. The average molecular weight is 642 g/mol. The minimum atomic E-state index is -3.34. The van der Waals surface area contributed by atoms with E-state index in [1.165, 1.54) is 23.5 Å². The average Bonchev–Trinajstić information content (AvgIpc) is 3.48. The molecule has 0 radical (unpaired) electrons. The Labute approximate surface area is 265 Å². The topological polar surface area (TPSA) is 131 Å². The van der Waals surface area contributed by atoms with Crippen LogP contribution in [0.4, 0.5) is 11.1 Å². The zero-order valence-corrected chi connectivity index (χ0v) is 26.4. The van der Waals surface area contributed by atoms with Gasteiger partial charge in [-0.1, -0.05) is 6.07 Å². The van der Waals surface area contributed by atoms with Crippen LogP contribution in [0.1, 0.15) is 21.6 Å². The van der Waals surface area contributed by atoms with Gasteiger partial charge >= 0.3 is 0 Å². The molecule has 45 heavy (non-hydrogen) atoms. The second-order valence-corrected chi connectivity index (χ2v) is 13.5. The summed E-state index contributed by atoms with van der Waals surface area (Å²) in [5, 5.41) is 5.40. The fraction of sp³-hybridized carbons (Fsp3) is 0.219. The van der Waals surface area contributed by atoms with Gasteiger partial charge in [0.05, 0.1) is 16.3 Å². The zero-order chi connectivity index (χ0) is 31.4. The second-order valence-electron chi connectivity index (χ2n) is 10.7. The van der Waals surface area contributed by atoms with E-state index in [0.717, 1.165) is 55.3 Å². The van der Waals surface area contributed by atoms with Crippen LogP contribution < -0.4 is 15.0 Å². The highest BCUT2D eigenvalue weighted by molar-refractivity contribution is 7.90. The highest BCUT2D eigenvalue weighted by atomic mass is 32.2. The number of aromatic nitrogens is 4. The van der Waals surface area contributed by atoms with E-state index in [-0.39, 0.29) is 10.8 Å². The Morgan fingerprint density at radius 3 is 2.38 bits per heavy atom. The molecular weight excluding hydrogens is 611 g/mol. The van der Waals surface area contributed by atoms with Gasteiger partial charge in [-0.05, 0) is 67.1 Å². The van der Waals surface area contributed by atoms with E-state index in [1.54, 1.807) is 42.9 Å². The Balaban J connectivity index is 1.16. The maximum atomic E-state index is 13.5. The Bertz CT molecular complexity index is 1910. The maximum absolute atomic E-state index is 13.5. The van der Waals surface area contributed by atoms with Gasteiger partial charge in [0.15, 0.2) is 15.0 Å². The minimum Gasteiger partial charge on any atom is -0.457 e. The van der Waals surface area contributed by atoms with Gasteiger partial charge in [-0.3, -0.25) is 20.0 Å². The van der Waals surface area contributed by atoms with Crippen molar-refractivity contribution in [3.63, 3.8) is 0 Å². The fourth-order valence-electron chi connectivity index (χ4n) is 5.00. The summed E-state index contributed by atoms with van der Waals surface area (Å²) >= 11 is 1.38. The third kappa shape index (κ3) is 7.51. The number of amides is 1. The van der Waals surface area contributed by atoms with Gasteiger partial charge in [-0.25, -0.2) is 23.4 Å². The van der Waals surface area contributed by atoms with E-state index in [1.807, 2.05) is 36.6 Å². The molecule has 0 unspecified atom stereocenters. The first-order chi connectivity index (χ1) is 21.7. The Kier molecular flexibility index (Phi) is 8.83. The van der Waals surface area contributed by atoms with Gasteiger partial charge in [0, 0.05) is 74.1 Å². The van der Waals surface area contributed by atoms with Crippen LogP contribution in [-0.4, -0.2) is 71.6 Å². The molecule has 1 saturated heterocycles. The predicted octanol–water partition coefficient (Wildman–Crippen LogP) is 5.07. The summed E-state index contributed by atoms with van der Waals surface area (Å²) in [6.07, 6.45) is 6.36. The number of carbonyl (C=O) groups excluding carboxylic acids is 1. The van der Waals surface area contributed by atoms with Crippen LogP contribution in [-0.2, 0) is 16.4 Å². The van der Waals surface area contributed by atoms with Gasteiger partial charge in [0.1, 0.15) is 11.5 Å². The van der Waals surface area contributed by atoms with Crippen molar-refractivity contribution in [1.82, 2.24) is 24.8 Å². The molecule has 1 aliphatic rings. The van der Waals surface area contributed by atoms with Crippen LogP contribution >= 0.6 is 11.3 Å². The number of nitrogens with zero attached hydrogens (tertiary/aromatic N) is 6. The molecule has 0 spiro atoms. The Morgan fingerprint density at radius 2 is 1.67 bits per heavy atom. The number of pyridine rings is 1. The molecule has 230 valence electrons. The molecule has 1 N–H and O–H groups in total. The van der Waals surface area contributed by atoms with E-state index in [9.17, 15) is 13.2 Å². The van der Waals surface area contributed by atoms with Crippen LogP contribution in [0.25, 0.3) is 11.3 Å². The molecule has 6 rings (SSSR count). The van der Waals surface area contributed by atoms with Crippen molar-refractivity contribution in [1.29, 1.82) is 0 Å². The van der Waals surface area contributed by atoms with Crippen LogP contribution in [0, 0.1) is 6.92 Å². The summed E-state index contributed by atoms with van der Waals surface area (Å²) in [6.45, 7) is 6.01. The van der Waals surface area contributed by atoms with Gasteiger partial charge in [-0.15, -0.1) is 11.3 Å². The third-order valence-corrected chi connectivity index (χ3v) is 9.24. The van der Waals surface area contributed by atoms with Gasteiger partial charge in [-0.2, -0.15) is 0 Å². The number of carbonyl (C=O) groups is 1. The highest BCUT2D eigenvalue weighted by Crippen LogP contribution is 2.31. The van der Waals surface area contributed by atoms with E-state index in [0.29, 0.717) is 34.3 Å². The Hall–Kier alpha value is -4.72. The van der Waals surface area contributed by atoms with E-state index in [2.05, 4.69) is 35.1 Å². The molecule has 0 bridgehead atoms. The molecule has 3 aromatic heterocycles. The molecule has 0 aliphatic carbocycles. The lowest BCUT2D eigenvalue weighted by molar-refractivity contribution is 0.102. The summed E-state index contributed by atoms with van der Waals surface area (Å²) in [5.74, 6) is 1.26. The van der Waals surface area contributed by atoms with Gasteiger partial charge < -0.3 is 9.64 Å². The standard InChI is InChI=1S/C32H31N7O4S2/c1-22-5-3-10-33-29(22)23-17-24(19-27(18-23)43-26-6-8-28(9-7-26)45(2,41)42)30(40)37-32-36-25(21-44-32)20-38-13-15-39(16-14-38)31-34-11-4-12-35-31/h3-12,17-19,21H,13-16,20H2,1-2H3,(H,36,37,40). The number of anilines is 2. The smallest absolute Gasteiger partial charge is 0.257 e. The highest BCUT2D eigenvalue weighted by Gasteiger charge is 2.20. The number of ether oxygens (including phenoxy) is 1. The van der Waals surface area contributed by atoms with Gasteiger partial charge in [0.25, 0.3) is 5.91 Å². The minimum absolute atomic E-state index is 0.194. The number of sulfone groups is 1. The number of hydrogen-bond acceptors (Lipinski definition) is 11. The van der Waals surface area contributed by atoms with Crippen molar-refractivity contribution in [3.8, 4) is 22.8 Å². The first kappa shape index (κ1) is 30.3. The van der Waals surface area contributed by atoms with Crippen LogP contribution in [0.15, 0.2) is 89.5 Å². The number of benzene rings is 2. The van der Waals surface area contributed by atoms with Crippen molar-refractivity contribution >= 4 is 38.2 Å². The van der Waals surface area contributed by atoms with Crippen LogP contribution in [0.2, 0.25) is 0 Å². The third-order valence-electron chi connectivity index (χ3n) is 7.30. The molecule has 1 amide bonds. The van der Waals surface area contributed by atoms with E-state index in [4.69, 9.17) is 4.74 Å². The lowest BCUT2D eigenvalue weighted by Gasteiger charge is -2.34. The summed E-state index contributed by atoms with van der Waals surface area (Å²) in [7, 11) is -3.34. The summed E-state index contributed by atoms with van der Waals surface area (Å²) in [4.78, 5) is 36.1. The lowest BCUT2D eigenvalue weighted by atomic mass is 10.0. The van der Waals surface area contributed by atoms with Crippen LogP contribution in [0.5, 0.6) is 11.5 Å². The largest absolute Gasteiger partial charge is 0.457 e. The number of nitrogens with one attached hydrogen (secondary N) is 1. The number of rotatable bonds is 9. The number of aryl methyl sites for hydroxylation is 1. The van der Waals surface area contributed by atoms with Gasteiger partial charge in [0.2, 0.25) is 5.95 Å². The molecule has 11 nitrogen and oxygen atoms in total. The molecular formula is C32H31N7O4S2. The Morgan fingerprint density at radius 1 is 0.933 bits per heavy atom. The number of thiazole rings is 1. The fourth-order valence-corrected chi connectivity index (χ4v) is 6.33. The van der Waals surface area contributed by atoms with Crippen LogP contribution in [0.3, 0.4) is 0 Å². The molecule has 0 saturated carbocycles. The quantitative estimate of drug-likeness (QED) is 0.233. The molecule has 0 atom stereocenters. The molecule has 5 aromatic rings. The van der Waals surface area contributed by atoms with E-state index < -0.39 is 9.84 Å². The molecule has 13 heteroatoms. The summed E-state index contributed by atoms with van der Waals surface area (Å²) < 4.78 is 29.8. The second kappa shape index (κ2) is 13.1. The SMILES string of the molecule is Cc1cccnc1-c1cc(Oc2ccc(S(C)(=O)=O)cc2)cc(C(=O)Nc2nc(CN3CCN(c4ncccn4)CC3)cs2)c1. The first-order valence-corrected chi connectivity index (χ1v) is 17.0. The van der Waals surface area contributed by atoms with Crippen molar-refractivity contribution in [3.05, 3.63) is 101 Å².